The third-order valence-corrected chi connectivity index (χ3v) is 2.17. The zero-order valence-corrected chi connectivity index (χ0v) is 9.42. The topological polar surface area (TPSA) is 18.5 Å². The molecule has 1 aromatic carbocycles. The van der Waals surface area contributed by atoms with Gasteiger partial charge in [-0.2, -0.15) is 0 Å². The Morgan fingerprint density at radius 2 is 2.00 bits per heavy atom. The second kappa shape index (κ2) is 5.71. The number of hydrogen-bond donors (Lipinski definition) is 0. The van der Waals surface area contributed by atoms with Gasteiger partial charge in [0.2, 0.25) is 0 Å². The van der Waals surface area contributed by atoms with E-state index in [-0.39, 0.29) is 5.82 Å². The van der Waals surface area contributed by atoms with Crippen molar-refractivity contribution in [1.29, 1.82) is 0 Å². The second-order valence-corrected chi connectivity index (χ2v) is 3.69. The number of rotatable bonds is 5. The Kier molecular flexibility index (Phi) is 4.56. The first-order valence-corrected chi connectivity index (χ1v) is 5.06. The number of hydrogen-bond acceptors (Lipinski definition) is 2. The smallest absolute Gasteiger partial charge is 0.165 e. The predicted octanol–water partition coefficient (Wildman–Crippen LogP) is 2.97. The van der Waals surface area contributed by atoms with Crippen LogP contribution in [0.4, 0.5) is 4.39 Å². The lowest BCUT2D eigenvalue weighted by atomic mass is 10.0. The summed E-state index contributed by atoms with van der Waals surface area (Å²) in [6.45, 7) is 4.96. The van der Waals surface area contributed by atoms with Crippen LogP contribution < -0.4 is 4.74 Å². The van der Waals surface area contributed by atoms with Gasteiger partial charge in [0, 0.05) is 7.11 Å². The van der Waals surface area contributed by atoms with Crippen LogP contribution in [0.1, 0.15) is 25.3 Å². The molecule has 1 rings (SSSR count). The van der Waals surface area contributed by atoms with Crippen molar-refractivity contribution in [2.75, 3.05) is 20.3 Å². The van der Waals surface area contributed by atoms with Gasteiger partial charge in [0.25, 0.3) is 0 Å². The molecular formula is C12H17FO2. The first-order chi connectivity index (χ1) is 7.15. The molecule has 0 aliphatic heterocycles. The van der Waals surface area contributed by atoms with Crippen molar-refractivity contribution in [3.05, 3.63) is 29.6 Å². The van der Waals surface area contributed by atoms with Crippen LogP contribution in [0.3, 0.4) is 0 Å². The molecule has 0 saturated carbocycles. The fraction of sp³-hybridized carbons (Fsp3) is 0.500. The average Bonchev–Trinajstić information content (AvgIpc) is 2.20. The van der Waals surface area contributed by atoms with Crippen molar-refractivity contribution < 1.29 is 13.9 Å². The van der Waals surface area contributed by atoms with Gasteiger partial charge in [-0.1, -0.05) is 19.9 Å². The molecule has 0 N–H and O–H groups in total. The van der Waals surface area contributed by atoms with Gasteiger partial charge in [0.05, 0.1) is 6.61 Å². The normalized spacial score (nSPS) is 10.7. The Labute approximate surface area is 90.0 Å². The van der Waals surface area contributed by atoms with E-state index in [1.807, 2.05) is 0 Å². The maximum atomic E-state index is 13.3. The van der Waals surface area contributed by atoms with E-state index in [9.17, 15) is 4.39 Å². The Bertz CT molecular complexity index is 310. The Morgan fingerprint density at radius 1 is 1.27 bits per heavy atom. The van der Waals surface area contributed by atoms with Crippen LogP contribution in [0.25, 0.3) is 0 Å². The van der Waals surface area contributed by atoms with E-state index in [0.29, 0.717) is 24.9 Å². The molecule has 0 fully saturated rings. The fourth-order valence-electron chi connectivity index (χ4n) is 1.22. The minimum Gasteiger partial charge on any atom is -0.488 e. The fourth-order valence-corrected chi connectivity index (χ4v) is 1.22. The molecule has 84 valence electrons. The minimum atomic E-state index is -0.324. The summed E-state index contributed by atoms with van der Waals surface area (Å²) in [7, 11) is 1.59. The van der Waals surface area contributed by atoms with Crippen molar-refractivity contribution in [3.8, 4) is 5.75 Å². The number of benzene rings is 1. The van der Waals surface area contributed by atoms with E-state index in [4.69, 9.17) is 9.47 Å². The monoisotopic (exact) mass is 212 g/mol. The summed E-state index contributed by atoms with van der Waals surface area (Å²) in [4.78, 5) is 0. The lowest BCUT2D eigenvalue weighted by Crippen LogP contribution is -2.06. The molecule has 0 amide bonds. The highest BCUT2D eigenvalue weighted by atomic mass is 19.1. The quantitative estimate of drug-likeness (QED) is 0.698. The molecule has 3 heteroatoms. The Morgan fingerprint density at radius 3 is 2.60 bits per heavy atom. The van der Waals surface area contributed by atoms with E-state index in [2.05, 4.69) is 13.8 Å². The molecule has 0 unspecified atom stereocenters. The first-order valence-electron chi connectivity index (χ1n) is 5.06. The van der Waals surface area contributed by atoms with Crippen LogP contribution in [0.5, 0.6) is 5.75 Å². The molecule has 0 bridgehead atoms. The largest absolute Gasteiger partial charge is 0.488 e. The standard InChI is InChI=1S/C12H17FO2/c1-9(2)10-4-5-11(13)12(8-10)15-7-6-14-3/h4-5,8-9H,6-7H2,1-3H3. The molecular weight excluding hydrogens is 195 g/mol. The Hall–Kier alpha value is -1.09. The minimum absolute atomic E-state index is 0.304. The summed E-state index contributed by atoms with van der Waals surface area (Å²) in [5, 5.41) is 0. The maximum absolute atomic E-state index is 13.3. The summed E-state index contributed by atoms with van der Waals surface area (Å²) in [5.41, 5.74) is 1.07. The Balaban J connectivity index is 2.72. The van der Waals surface area contributed by atoms with Crippen molar-refractivity contribution in [3.63, 3.8) is 0 Å². The molecule has 0 spiro atoms. The summed E-state index contributed by atoms with van der Waals surface area (Å²) < 4.78 is 23.4. The predicted molar refractivity (Wildman–Crippen MR) is 57.9 cm³/mol. The molecule has 15 heavy (non-hydrogen) atoms. The number of halogens is 1. The van der Waals surface area contributed by atoms with Crippen molar-refractivity contribution in [1.82, 2.24) is 0 Å². The van der Waals surface area contributed by atoms with Crippen LogP contribution >= 0.6 is 0 Å². The van der Waals surface area contributed by atoms with E-state index >= 15 is 0 Å². The summed E-state index contributed by atoms with van der Waals surface area (Å²) in [6.07, 6.45) is 0. The summed E-state index contributed by atoms with van der Waals surface area (Å²) in [6, 6.07) is 4.97. The average molecular weight is 212 g/mol. The molecule has 0 atom stereocenters. The SMILES string of the molecule is COCCOc1cc(C(C)C)ccc1F. The molecule has 1 aromatic rings. The van der Waals surface area contributed by atoms with Gasteiger partial charge < -0.3 is 9.47 Å². The van der Waals surface area contributed by atoms with Gasteiger partial charge >= 0.3 is 0 Å². The van der Waals surface area contributed by atoms with Crippen LogP contribution in [-0.2, 0) is 4.74 Å². The third-order valence-electron chi connectivity index (χ3n) is 2.17. The van der Waals surface area contributed by atoms with Crippen molar-refractivity contribution in [2.24, 2.45) is 0 Å². The first kappa shape index (κ1) is 12.0. The molecule has 0 aliphatic carbocycles. The van der Waals surface area contributed by atoms with Gasteiger partial charge in [-0.3, -0.25) is 0 Å². The lowest BCUT2D eigenvalue weighted by molar-refractivity contribution is 0.144. The zero-order valence-electron chi connectivity index (χ0n) is 9.42. The maximum Gasteiger partial charge on any atom is 0.165 e. The van der Waals surface area contributed by atoms with Crippen LogP contribution in [0, 0.1) is 5.82 Å². The van der Waals surface area contributed by atoms with Gasteiger partial charge in [-0.15, -0.1) is 0 Å². The van der Waals surface area contributed by atoms with E-state index in [1.165, 1.54) is 6.07 Å². The zero-order chi connectivity index (χ0) is 11.3. The lowest BCUT2D eigenvalue weighted by Gasteiger charge is -2.10. The number of ether oxygens (including phenoxy) is 2. The summed E-state index contributed by atoms with van der Waals surface area (Å²) >= 11 is 0. The molecule has 0 radical (unpaired) electrons. The highest BCUT2D eigenvalue weighted by Crippen LogP contribution is 2.23. The molecule has 0 aliphatic rings. The second-order valence-electron chi connectivity index (χ2n) is 3.69. The van der Waals surface area contributed by atoms with Gasteiger partial charge in [0.1, 0.15) is 6.61 Å². The van der Waals surface area contributed by atoms with Gasteiger partial charge in [-0.05, 0) is 23.6 Å². The summed E-state index contributed by atoms with van der Waals surface area (Å²) in [5.74, 6) is 0.351. The van der Waals surface area contributed by atoms with Crippen LogP contribution in [-0.4, -0.2) is 20.3 Å². The molecule has 0 heterocycles. The molecule has 0 saturated heterocycles. The van der Waals surface area contributed by atoms with Gasteiger partial charge in [-0.25, -0.2) is 4.39 Å². The van der Waals surface area contributed by atoms with E-state index in [1.54, 1.807) is 19.2 Å². The third kappa shape index (κ3) is 3.51. The van der Waals surface area contributed by atoms with Crippen molar-refractivity contribution >= 4 is 0 Å². The molecule has 2 nitrogen and oxygen atoms in total. The highest BCUT2D eigenvalue weighted by molar-refractivity contribution is 5.31. The van der Waals surface area contributed by atoms with E-state index in [0.717, 1.165) is 5.56 Å². The van der Waals surface area contributed by atoms with E-state index < -0.39 is 0 Å². The van der Waals surface area contributed by atoms with Crippen LogP contribution in [0.2, 0.25) is 0 Å². The van der Waals surface area contributed by atoms with Crippen molar-refractivity contribution in [2.45, 2.75) is 19.8 Å². The van der Waals surface area contributed by atoms with Crippen LogP contribution in [0.15, 0.2) is 18.2 Å². The van der Waals surface area contributed by atoms with Gasteiger partial charge in [0.15, 0.2) is 11.6 Å². The number of methoxy groups -OCH3 is 1. The molecule has 0 aromatic heterocycles. The highest BCUT2D eigenvalue weighted by Gasteiger charge is 2.06.